The first-order chi connectivity index (χ1) is 7.47. The molecule has 0 saturated carbocycles. The fourth-order valence-electron chi connectivity index (χ4n) is 1.11. The maximum Gasteiger partial charge on any atom is 0.250 e. The van der Waals surface area contributed by atoms with Crippen molar-refractivity contribution in [1.82, 2.24) is 4.72 Å². The van der Waals surface area contributed by atoms with Crippen LogP contribution >= 0.6 is 22.9 Å². The molecule has 16 heavy (non-hydrogen) atoms. The molecule has 1 rings (SSSR count). The molecule has 0 aromatic carbocycles. The van der Waals surface area contributed by atoms with Gasteiger partial charge in [0.15, 0.2) is 0 Å². The zero-order valence-corrected chi connectivity index (χ0v) is 11.4. The van der Waals surface area contributed by atoms with Crippen molar-refractivity contribution in [2.45, 2.75) is 24.0 Å². The molecular weight excluding hydrogens is 268 g/mol. The number of thiophene rings is 1. The zero-order valence-electron chi connectivity index (χ0n) is 8.99. The van der Waals surface area contributed by atoms with Crippen molar-refractivity contribution in [3.05, 3.63) is 16.0 Å². The van der Waals surface area contributed by atoms with E-state index in [2.05, 4.69) is 4.72 Å². The van der Waals surface area contributed by atoms with Gasteiger partial charge in [-0.25, -0.2) is 13.1 Å². The number of sulfonamides is 1. The third-order valence-electron chi connectivity index (χ3n) is 2.02. The van der Waals surface area contributed by atoms with E-state index in [0.717, 1.165) is 29.7 Å². The first kappa shape index (κ1) is 13.9. The number of nitrogens with two attached hydrogens (primary N) is 1. The van der Waals surface area contributed by atoms with E-state index in [1.165, 1.54) is 0 Å². The molecule has 0 bridgehead atoms. The van der Waals surface area contributed by atoms with Crippen LogP contribution in [0.3, 0.4) is 0 Å². The molecule has 4 nitrogen and oxygen atoms in total. The van der Waals surface area contributed by atoms with E-state index < -0.39 is 10.0 Å². The Morgan fingerprint density at radius 2 is 2.19 bits per heavy atom. The summed E-state index contributed by atoms with van der Waals surface area (Å²) in [6, 6.07) is 1.58. The molecule has 0 unspecified atom stereocenters. The molecule has 0 aliphatic carbocycles. The second-order valence-corrected chi connectivity index (χ2v) is 7.06. The molecule has 0 aliphatic heterocycles. The highest BCUT2D eigenvalue weighted by Gasteiger charge is 2.17. The predicted octanol–water partition coefficient (Wildman–Crippen LogP) is 1.73. The summed E-state index contributed by atoms with van der Waals surface area (Å²) < 4.78 is 26.8. The number of nitrogens with one attached hydrogen (secondary N) is 1. The second-order valence-electron chi connectivity index (χ2n) is 3.42. The molecule has 1 aromatic rings. The summed E-state index contributed by atoms with van der Waals surface area (Å²) in [4.78, 5) is 0. The molecule has 0 amide bonds. The van der Waals surface area contributed by atoms with Crippen molar-refractivity contribution in [2.24, 2.45) is 5.73 Å². The summed E-state index contributed by atoms with van der Waals surface area (Å²) in [7, 11) is -3.40. The number of rotatable bonds is 6. The predicted molar refractivity (Wildman–Crippen MR) is 67.5 cm³/mol. The Bertz CT molecular complexity index is 423. The third-order valence-corrected chi connectivity index (χ3v) is 5.51. The third kappa shape index (κ3) is 3.71. The Hall–Kier alpha value is -0.140. The lowest BCUT2D eigenvalue weighted by Crippen LogP contribution is -2.24. The molecule has 0 spiro atoms. The van der Waals surface area contributed by atoms with Gasteiger partial charge in [-0.05, 0) is 37.9 Å². The molecular formula is C9H15ClN2O2S2. The normalized spacial score (nSPS) is 11.9. The van der Waals surface area contributed by atoms with E-state index in [1.54, 1.807) is 13.0 Å². The summed E-state index contributed by atoms with van der Waals surface area (Å²) >= 11 is 6.90. The lowest BCUT2D eigenvalue weighted by Gasteiger charge is -2.03. The smallest absolute Gasteiger partial charge is 0.250 e. The van der Waals surface area contributed by atoms with Crippen LogP contribution < -0.4 is 10.5 Å². The van der Waals surface area contributed by atoms with E-state index in [1.807, 2.05) is 0 Å². The highest BCUT2D eigenvalue weighted by Crippen LogP contribution is 2.29. The first-order valence-corrected chi connectivity index (χ1v) is 7.61. The summed E-state index contributed by atoms with van der Waals surface area (Å²) in [5.41, 5.74) is 6.11. The number of halogens is 1. The van der Waals surface area contributed by atoms with Gasteiger partial charge in [0, 0.05) is 6.54 Å². The van der Waals surface area contributed by atoms with Gasteiger partial charge in [-0.1, -0.05) is 11.6 Å². The minimum absolute atomic E-state index is 0.266. The lowest BCUT2D eigenvalue weighted by molar-refractivity contribution is 0.579. The number of unbranched alkanes of at least 4 members (excludes halogenated alkanes) is 1. The standard InChI is InChI=1S/C9H15ClN2O2S2/c1-7-6-8(15-9(7)10)16(13,14)12-5-3-2-4-11/h6,12H,2-5,11H2,1H3. The molecule has 0 saturated heterocycles. The van der Waals surface area contributed by atoms with E-state index in [-0.39, 0.29) is 4.21 Å². The monoisotopic (exact) mass is 282 g/mol. The van der Waals surface area contributed by atoms with E-state index in [0.29, 0.717) is 17.4 Å². The van der Waals surface area contributed by atoms with Crippen molar-refractivity contribution in [2.75, 3.05) is 13.1 Å². The Labute approximate surface area is 105 Å². The van der Waals surface area contributed by atoms with Crippen LogP contribution in [0.1, 0.15) is 18.4 Å². The fourth-order valence-corrected chi connectivity index (χ4v) is 3.94. The van der Waals surface area contributed by atoms with Gasteiger partial charge in [-0.3, -0.25) is 0 Å². The van der Waals surface area contributed by atoms with Gasteiger partial charge in [0.05, 0.1) is 4.34 Å². The lowest BCUT2D eigenvalue weighted by atomic mass is 10.3. The molecule has 3 N–H and O–H groups in total. The highest BCUT2D eigenvalue weighted by molar-refractivity contribution is 7.91. The van der Waals surface area contributed by atoms with Crippen molar-refractivity contribution < 1.29 is 8.42 Å². The van der Waals surface area contributed by atoms with Crippen LogP contribution in [0.4, 0.5) is 0 Å². The quantitative estimate of drug-likeness (QED) is 0.781. The fraction of sp³-hybridized carbons (Fsp3) is 0.556. The first-order valence-electron chi connectivity index (χ1n) is 4.93. The number of hydrogen-bond acceptors (Lipinski definition) is 4. The van der Waals surface area contributed by atoms with Gasteiger partial charge in [0.1, 0.15) is 4.21 Å². The Morgan fingerprint density at radius 1 is 1.50 bits per heavy atom. The molecule has 7 heteroatoms. The Morgan fingerprint density at radius 3 is 2.69 bits per heavy atom. The minimum Gasteiger partial charge on any atom is -0.330 e. The number of hydrogen-bond donors (Lipinski definition) is 2. The maximum absolute atomic E-state index is 11.8. The topological polar surface area (TPSA) is 72.2 Å². The largest absolute Gasteiger partial charge is 0.330 e. The van der Waals surface area contributed by atoms with Gasteiger partial charge in [-0.15, -0.1) is 11.3 Å². The van der Waals surface area contributed by atoms with E-state index >= 15 is 0 Å². The molecule has 0 atom stereocenters. The summed E-state index contributed by atoms with van der Waals surface area (Å²) in [5.74, 6) is 0. The van der Waals surface area contributed by atoms with Crippen LogP contribution in [0.2, 0.25) is 4.34 Å². The SMILES string of the molecule is Cc1cc(S(=O)(=O)NCCCCN)sc1Cl. The highest BCUT2D eigenvalue weighted by atomic mass is 35.5. The second kappa shape index (κ2) is 5.97. The van der Waals surface area contributed by atoms with Gasteiger partial charge < -0.3 is 5.73 Å². The van der Waals surface area contributed by atoms with E-state index in [4.69, 9.17) is 17.3 Å². The van der Waals surface area contributed by atoms with Gasteiger partial charge in [-0.2, -0.15) is 0 Å². The van der Waals surface area contributed by atoms with Crippen LogP contribution in [-0.2, 0) is 10.0 Å². The van der Waals surface area contributed by atoms with Crippen LogP contribution in [-0.4, -0.2) is 21.5 Å². The molecule has 1 heterocycles. The molecule has 0 fully saturated rings. The van der Waals surface area contributed by atoms with Crippen molar-refractivity contribution in [1.29, 1.82) is 0 Å². The Balaban J connectivity index is 2.64. The van der Waals surface area contributed by atoms with Gasteiger partial charge in [0.25, 0.3) is 0 Å². The van der Waals surface area contributed by atoms with Crippen molar-refractivity contribution in [3.8, 4) is 0 Å². The summed E-state index contributed by atoms with van der Waals surface area (Å²) in [5, 5.41) is 0. The van der Waals surface area contributed by atoms with Gasteiger partial charge in [0.2, 0.25) is 10.0 Å². The molecule has 0 radical (unpaired) electrons. The maximum atomic E-state index is 11.8. The van der Waals surface area contributed by atoms with Crippen LogP contribution in [0.25, 0.3) is 0 Å². The molecule has 1 aromatic heterocycles. The van der Waals surface area contributed by atoms with Crippen LogP contribution in [0.15, 0.2) is 10.3 Å². The van der Waals surface area contributed by atoms with Crippen molar-refractivity contribution >= 4 is 33.0 Å². The molecule has 0 aliphatic rings. The molecule has 92 valence electrons. The van der Waals surface area contributed by atoms with E-state index in [9.17, 15) is 8.42 Å². The van der Waals surface area contributed by atoms with Crippen molar-refractivity contribution in [3.63, 3.8) is 0 Å². The average Bonchev–Trinajstić information content (AvgIpc) is 2.55. The average molecular weight is 283 g/mol. The zero-order chi connectivity index (χ0) is 12.2. The van der Waals surface area contributed by atoms with Crippen LogP contribution in [0.5, 0.6) is 0 Å². The summed E-state index contributed by atoms with van der Waals surface area (Å²) in [6.07, 6.45) is 1.56. The summed E-state index contributed by atoms with van der Waals surface area (Å²) in [6.45, 7) is 2.77. The minimum atomic E-state index is -3.40. The Kier molecular flexibility index (Phi) is 5.20. The van der Waals surface area contributed by atoms with Crippen LogP contribution in [0, 0.1) is 6.92 Å². The number of aryl methyl sites for hydroxylation is 1. The van der Waals surface area contributed by atoms with Gasteiger partial charge >= 0.3 is 0 Å².